The van der Waals surface area contributed by atoms with Crippen molar-refractivity contribution in [3.63, 3.8) is 0 Å². The monoisotopic (exact) mass is 348 g/mol. The highest BCUT2D eigenvalue weighted by Crippen LogP contribution is 2.28. The minimum Gasteiger partial charge on any atom is -0.493 e. The molecule has 0 radical (unpaired) electrons. The molecule has 0 aliphatic carbocycles. The number of esters is 1. The predicted molar refractivity (Wildman–Crippen MR) is 97.2 cm³/mol. The number of aldehydes is 1. The van der Waals surface area contributed by atoms with Crippen LogP contribution >= 0.6 is 0 Å². The Bertz CT molecular complexity index is 565. The molecule has 1 atom stereocenters. The van der Waals surface area contributed by atoms with Crippen molar-refractivity contribution in [3.05, 3.63) is 35.9 Å². The van der Waals surface area contributed by atoms with Crippen LogP contribution in [0.3, 0.4) is 0 Å². The second-order valence-electron chi connectivity index (χ2n) is 5.86. The maximum atomic E-state index is 12.0. The fourth-order valence-electron chi connectivity index (χ4n) is 2.31. The van der Waals surface area contributed by atoms with E-state index in [4.69, 9.17) is 9.47 Å². The lowest BCUT2D eigenvalue weighted by atomic mass is 10.1. The lowest BCUT2D eigenvalue weighted by Crippen LogP contribution is -2.25. The summed E-state index contributed by atoms with van der Waals surface area (Å²) in [5.41, 5.74) is 0.419. The summed E-state index contributed by atoms with van der Waals surface area (Å²) < 4.78 is 10.3. The Morgan fingerprint density at radius 3 is 2.52 bits per heavy atom. The zero-order valence-corrected chi connectivity index (χ0v) is 15.1. The molecular formula is C20H28O5. The van der Waals surface area contributed by atoms with E-state index in [2.05, 4.69) is 19.1 Å². The summed E-state index contributed by atoms with van der Waals surface area (Å²) in [4.78, 5) is 22.7. The average Bonchev–Trinajstić information content (AvgIpc) is 2.63. The minimum absolute atomic E-state index is 0.188. The van der Waals surface area contributed by atoms with Crippen LogP contribution in [0.2, 0.25) is 0 Å². The maximum absolute atomic E-state index is 12.0. The van der Waals surface area contributed by atoms with E-state index in [0.29, 0.717) is 24.7 Å². The van der Waals surface area contributed by atoms with E-state index < -0.39 is 12.1 Å². The van der Waals surface area contributed by atoms with E-state index >= 15 is 0 Å². The van der Waals surface area contributed by atoms with Gasteiger partial charge in [0.05, 0.1) is 7.11 Å². The molecule has 0 amide bonds. The van der Waals surface area contributed by atoms with Gasteiger partial charge < -0.3 is 14.6 Å². The molecule has 5 nitrogen and oxygen atoms in total. The highest BCUT2D eigenvalue weighted by atomic mass is 16.6. The Labute approximate surface area is 149 Å². The second-order valence-corrected chi connectivity index (χ2v) is 5.86. The highest BCUT2D eigenvalue weighted by molar-refractivity contribution is 5.79. The molecule has 25 heavy (non-hydrogen) atoms. The maximum Gasteiger partial charge on any atom is 0.340 e. The summed E-state index contributed by atoms with van der Waals surface area (Å²) in [6.07, 6.45) is 10.4. The summed E-state index contributed by atoms with van der Waals surface area (Å²) in [6.45, 7) is 2.18. The number of rotatable bonds is 12. The van der Waals surface area contributed by atoms with Gasteiger partial charge in [-0.1, -0.05) is 31.9 Å². The fraction of sp³-hybridized carbons (Fsp3) is 0.500. The van der Waals surface area contributed by atoms with E-state index in [9.17, 15) is 14.7 Å². The molecule has 0 spiro atoms. The summed E-state index contributed by atoms with van der Waals surface area (Å²) >= 11 is 0. The number of benzene rings is 1. The summed E-state index contributed by atoms with van der Waals surface area (Å²) in [7, 11) is 1.42. The molecule has 0 saturated carbocycles. The van der Waals surface area contributed by atoms with Crippen molar-refractivity contribution in [1.29, 1.82) is 0 Å². The first-order valence-electron chi connectivity index (χ1n) is 8.80. The molecule has 138 valence electrons. The smallest absolute Gasteiger partial charge is 0.340 e. The lowest BCUT2D eigenvalue weighted by Gasteiger charge is -2.12. The third kappa shape index (κ3) is 7.98. The lowest BCUT2D eigenvalue weighted by molar-refractivity contribution is -0.144. The van der Waals surface area contributed by atoms with Gasteiger partial charge in [-0.2, -0.15) is 0 Å². The van der Waals surface area contributed by atoms with Gasteiger partial charge in [0, 0.05) is 5.56 Å². The standard InChI is InChI=1S/C20H28O5/c1-3-4-5-6-7-8-9-10-11-17(22)20(23)25-18-13-12-16(15-21)14-19(18)24-2/h7-8,12-15,17,22H,3-6,9-11H2,1-2H3/b8-7+. The topological polar surface area (TPSA) is 72.8 Å². The first kappa shape index (κ1) is 20.9. The molecule has 1 unspecified atom stereocenters. The second kappa shape index (κ2) is 12.3. The van der Waals surface area contributed by atoms with Crippen LogP contribution in [0.5, 0.6) is 11.5 Å². The van der Waals surface area contributed by atoms with E-state index in [1.165, 1.54) is 44.6 Å². The Morgan fingerprint density at radius 2 is 1.88 bits per heavy atom. The molecule has 0 aromatic heterocycles. The number of hydrogen-bond donors (Lipinski definition) is 1. The fourth-order valence-corrected chi connectivity index (χ4v) is 2.31. The summed E-state index contributed by atoms with van der Waals surface area (Å²) in [5.74, 6) is -0.253. The van der Waals surface area contributed by atoms with Crippen molar-refractivity contribution in [2.45, 2.75) is 58.0 Å². The SMILES string of the molecule is CCCCC/C=C/CCCC(O)C(=O)Oc1ccc(C=O)cc1OC. The number of carbonyl (C=O) groups is 2. The summed E-state index contributed by atoms with van der Waals surface area (Å²) in [5, 5.41) is 9.92. The van der Waals surface area contributed by atoms with Crippen LogP contribution < -0.4 is 9.47 Å². The Kier molecular flexibility index (Phi) is 10.2. The first-order valence-corrected chi connectivity index (χ1v) is 8.80. The number of hydrogen-bond acceptors (Lipinski definition) is 5. The third-order valence-electron chi connectivity index (χ3n) is 3.80. The number of methoxy groups -OCH3 is 1. The highest BCUT2D eigenvalue weighted by Gasteiger charge is 2.19. The quantitative estimate of drug-likeness (QED) is 0.203. The van der Waals surface area contributed by atoms with Crippen LogP contribution in [0.1, 0.15) is 62.2 Å². The van der Waals surface area contributed by atoms with Gasteiger partial charge >= 0.3 is 5.97 Å². The van der Waals surface area contributed by atoms with E-state index in [1.54, 1.807) is 0 Å². The van der Waals surface area contributed by atoms with Crippen molar-refractivity contribution in [2.75, 3.05) is 7.11 Å². The molecule has 0 saturated heterocycles. The van der Waals surface area contributed by atoms with Crippen molar-refractivity contribution in [1.82, 2.24) is 0 Å². The van der Waals surface area contributed by atoms with Crippen molar-refractivity contribution in [2.24, 2.45) is 0 Å². The van der Waals surface area contributed by atoms with Crippen molar-refractivity contribution < 1.29 is 24.2 Å². The number of aliphatic hydroxyl groups excluding tert-OH is 1. The van der Waals surface area contributed by atoms with Crippen molar-refractivity contribution in [3.8, 4) is 11.5 Å². The number of ether oxygens (including phenoxy) is 2. The molecule has 0 bridgehead atoms. The van der Waals surface area contributed by atoms with E-state index in [0.717, 1.165) is 12.8 Å². The van der Waals surface area contributed by atoms with Gasteiger partial charge in [0.2, 0.25) is 0 Å². The number of aliphatic hydroxyl groups is 1. The van der Waals surface area contributed by atoms with Gasteiger partial charge in [-0.05, 0) is 50.3 Å². The molecule has 1 aromatic rings. The molecule has 0 aliphatic heterocycles. The average molecular weight is 348 g/mol. The van der Waals surface area contributed by atoms with Gasteiger partial charge in [-0.25, -0.2) is 4.79 Å². The predicted octanol–water partition coefficient (Wildman–Crippen LogP) is 4.08. The molecule has 0 fully saturated rings. The van der Waals surface area contributed by atoms with Crippen LogP contribution in [-0.2, 0) is 4.79 Å². The Morgan fingerprint density at radius 1 is 1.16 bits per heavy atom. The van der Waals surface area contributed by atoms with Gasteiger partial charge in [-0.3, -0.25) is 4.79 Å². The Balaban J connectivity index is 2.38. The normalized spacial score (nSPS) is 12.1. The molecule has 0 aliphatic rings. The molecular weight excluding hydrogens is 320 g/mol. The van der Waals surface area contributed by atoms with Gasteiger partial charge in [0.25, 0.3) is 0 Å². The number of carbonyl (C=O) groups excluding carboxylic acids is 2. The molecule has 0 heterocycles. The zero-order chi connectivity index (χ0) is 18.5. The number of unbranched alkanes of at least 4 members (excludes halogenated alkanes) is 4. The largest absolute Gasteiger partial charge is 0.493 e. The van der Waals surface area contributed by atoms with Crippen LogP contribution in [0, 0.1) is 0 Å². The zero-order valence-electron chi connectivity index (χ0n) is 15.1. The number of allylic oxidation sites excluding steroid dienone is 2. The van der Waals surface area contributed by atoms with E-state index in [-0.39, 0.29) is 11.5 Å². The van der Waals surface area contributed by atoms with Gasteiger partial charge in [0.1, 0.15) is 6.29 Å². The first-order chi connectivity index (χ1) is 12.1. The van der Waals surface area contributed by atoms with Crippen LogP contribution in [0.15, 0.2) is 30.4 Å². The van der Waals surface area contributed by atoms with Gasteiger partial charge in [0.15, 0.2) is 17.6 Å². The van der Waals surface area contributed by atoms with Gasteiger partial charge in [-0.15, -0.1) is 0 Å². The van der Waals surface area contributed by atoms with Crippen LogP contribution in [-0.4, -0.2) is 30.6 Å². The van der Waals surface area contributed by atoms with E-state index in [1.807, 2.05) is 0 Å². The third-order valence-corrected chi connectivity index (χ3v) is 3.80. The van der Waals surface area contributed by atoms with Crippen molar-refractivity contribution >= 4 is 12.3 Å². The molecule has 1 rings (SSSR count). The summed E-state index contributed by atoms with van der Waals surface area (Å²) in [6, 6.07) is 4.48. The van der Waals surface area contributed by atoms with Crippen LogP contribution in [0.4, 0.5) is 0 Å². The Hall–Kier alpha value is -2.14. The molecule has 1 N–H and O–H groups in total. The minimum atomic E-state index is -1.18. The molecule has 1 aromatic carbocycles. The molecule has 5 heteroatoms. The van der Waals surface area contributed by atoms with Crippen LogP contribution in [0.25, 0.3) is 0 Å².